The van der Waals surface area contributed by atoms with E-state index in [9.17, 15) is 0 Å². The van der Waals surface area contributed by atoms with Gasteiger partial charge in [0.15, 0.2) is 0 Å². The predicted molar refractivity (Wildman–Crippen MR) is 33.7 cm³/mol. The molecule has 0 spiro atoms. The van der Waals surface area contributed by atoms with E-state index < -0.39 is 16.5 Å². The molecule has 0 aromatic carbocycles. The molecule has 1 fully saturated rings. The van der Waals surface area contributed by atoms with E-state index in [2.05, 4.69) is 0 Å². The van der Waals surface area contributed by atoms with E-state index in [4.69, 9.17) is 24.2 Å². The normalized spacial score (nSPS) is 13.5. The first kappa shape index (κ1) is 11.7. The van der Waals surface area contributed by atoms with Crippen LogP contribution >= 0.6 is 18.8 Å². The van der Waals surface area contributed by atoms with Gasteiger partial charge >= 0.3 is 35.3 Å². The first-order valence-corrected chi connectivity index (χ1v) is 7.33. The molecule has 8 heavy (non-hydrogen) atoms. The first-order valence-electron chi connectivity index (χ1n) is 1.70. The van der Waals surface area contributed by atoms with Crippen molar-refractivity contribution in [1.82, 2.24) is 6.15 Å². The summed E-state index contributed by atoms with van der Waals surface area (Å²) in [5.74, 6) is 0. The molecule has 5 heteroatoms. The van der Waals surface area contributed by atoms with E-state index >= 15 is 0 Å². The van der Waals surface area contributed by atoms with Crippen LogP contribution in [-0.4, -0.2) is 5.71 Å². The molecule has 0 atom stereocenters. The van der Waals surface area contributed by atoms with Crippen molar-refractivity contribution in [2.45, 2.75) is 12.8 Å². The van der Waals surface area contributed by atoms with E-state index in [0.717, 1.165) is 18.6 Å². The minimum atomic E-state index is -0.472. The average molecular weight is 338 g/mol. The summed E-state index contributed by atoms with van der Waals surface area (Å²) in [5.41, 5.74) is 0.917. The van der Waals surface area contributed by atoms with Crippen LogP contribution in [0, 0.1) is 5.41 Å². The third-order valence-electron chi connectivity index (χ3n) is 0.500. The molecule has 0 aromatic heterocycles. The number of halogens is 2. The molecule has 4 N–H and O–H groups in total. The van der Waals surface area contributed by atoms with Gasteiger partial charge in [-0.15, -0.1) is 0 Å². The molecule has 0 amide bonds. The van der Waals surface area contributed by atoms with Gasteiger partial charge in [0.2, 0.25) is 0 Å². The fraction of sp³-hybridized carbons (Fsp3) is 0.667. The van der Waals surface area contributed by atoms with Crippen molar-refractivity contribution in [3.05, 3.63) is 0 Å². The second kappa shape index (κ2) is 7.90. The van der Waals surface area contributed by atoms with E-state index in [-0.39, 0.29) is 6.15 Å². The van der Waals surface area contributed by atoms with Gasteiger partial charge in [0.05, 0.1) is 0 Å². The van der Waals surface area contributed by atoms with Gasteiger partial charge in [-0.1, -0.05) is 0 Å². The summed E-state index contributed by atoms with van der Waals surface area (Å²) in [7, 11) is 9.75. The van der Waals surface area contributed by atoms with Crippen molar-refractivity contribution in [3.63, 3.8) is 0 Å². The van der Waals surface area contributed by atoms with Crippen LogP contribution in [0.3, 0.4) is 0 Å². The van der Waals surface area contributed by atoms with Gasteiger partial charge in [0, 0.05) is 5.71 Å². The van der Waals surface area contributed by atoms with E-state index in [1.807, 2.05) is 0 Å². The summed E-state index contributed by atoms with van der Waals surface area (Å²) in [5, 5.41) is 6.61. The van der Waals surface area contributed by atoms with Crippen LogP contribution in [0.15, 0.2) is 0 Å². The van der Waals surface area contributed by atoms with Crippen LogP contribution in [0.1, 0.15) is 12.8 Å². The first-order chi connectivity index (χ1) is 3.31. The third kappa shape index (κ3) is 15.8. The molecule has 1 rings (SSSR count). The molecule has 0 aliphatic heterocycles. The van der Waals surface area contributed by atoms with Crippen LogP contribution in [0.2, 0.25) is 0 Å². The Bertz CT molecular complexity index is 62.3. The fourth-order valence-electron chi connectivity index (χ4n) is 0.0625. The molecule has 54 valence electrons. The number of rotatable bonds is 0. The summed E-state index contributed by atoms with van der Waals surface area (Å²) in [4.78, 5) is 0. The van der Waals surface area contributed by atoms with Crippen LogP contribution in [0.4, 0.5) is 0 Å². The molecule has 0 saturated heterocycles. The summed E-state index contributed by atoms with van der Waals surface area (Å²) < 4.78 is 0. The zero-order valence-electron chi connectivity index (χ0n) is 4.19. The molecule has 1 aliphatic carbocycles. The van der Waals surface area contributed by atoms with Gasteiger partial charge in [-0.05, 0) is 12.8 Å². The second-order valence-electron chi connectivity index (χ2n) is 1.15. The van der Waals surface area contributed by atoms with Crippen molar-refractivity contribution in [2.75, 3.05) is 0 Å². The van der Waals surface area contributed by atoms with Gasteiger partial charge < -0.3 is 11.6 Å². The molecule has 0 bridgehead atoms. The molecule has 1 aliphatic rings. The van der Waals surface area contributed by atoms with Gasteiger partial charge in [-0.2, -0.15) is 0 Å². The standard InChI is InChI=1S/C3H5N.2ClH.H3N.Pt/c4-3-1-2-3;;;;/h4H,1-2H2;2*1H;1H3;/q;;;;+2/p-2. The summed E-state index contributed by atoms with van der Waals surface area (Å²) in [6, 6.07) is 0. The van der Waals surface area contributed by atoms with Gasteiger partial charge in [-0.3, -0.25) is 0 Å². The van der Waals surface area contributed by atoms with Crippen LogP contribution < -0.4 is 6.15 Å². The topological polar surface area (TPSA) is 58.9 Å². The van der Waals surface area contributed by atoms with Gasteiger partial charge in [-0.25, -0.2) is 0 Å². The molecule has 0 aromatic rings. The number of hydrogen-bond donors (Lipinski definition) is 2. The average Bonchev–Trinajstić information content (AvgIpc) is 2.25. The van der Waals surface area contributed by atoms with Crippen LogP contribution in [-0.2, 0) is 16.5 Å². The van der Waals surface area contributed by atoms with Crippen molar-refractivity contribution < 1.29 is 16.5 Å². The Kier molecular flexibility index (Phi) is 11.5. The van der Waals surface area contributed by atoms with E-state index in [1.54, 1.807) is 0 Å². The predicted octanol–water partition coefficient (Wildman–Crippen LogP) is 2.34. The minimum absolute atomic E-state index is 0. The Balaban J connectivity index is 0. The third-order valence-corrected chi connectivity index (χ3v) is 0.500. The Morgan fingerprint density at radius 2 is 1.50 bits per heavy atom. The van der Waals surface area contributed by atoms with Crippen molar-refractivity contribution in [1.29, 1.82) is 5.41 Å². The van der Waals surface area contributed by atoms with Crippen molar-refractivity contribution in [3.8, 4) is 0 Å². The van der Waals surface area contributed by atoms with Crippen LogP contribution in [0.25, 0.3) is 0 Å². The molecule has 0 radical (unpaired) electrons. The quantitative estimate of drug-likeness (QED) is 0.700. The van der Waals surface area contributed by atoms with Gasteiger partial charge in [0.1, 0.15) is 0 Å². The summed E-state index contributed by atoms with van der Waals surface area (Å²) in [6.45, 7) is 0. The summed E-state index contributed by atoms with van der Waals surface area (Å²) in [6.07, 6.45) is 2.14. The molecule has 0 unspecified atom stereocenters. The zero-order valence-corrected chi connectivity index (χ0v) is 7.98. The monoisotopic (exact) mass is 337 g/mol. The van der Waals surface area contributed by atoms with Crippen molar-refractivity contribution >= 4 is 24.5 Å². The Morgan fingerprint density at radius 1 is 1.38 bits per heavy atom. The number of nitrogens with one attached hydrogen (secondary N) is 1. The van der Waals surface area contributed by atoms with Gasteiger partial charge in [0.25, 0.3) is 0 Å². The molecule has 0 heterocycles. The number of hydrogen-bond acceptors (Lipinski definition) is 2. The maximum absolute atomic E-state index is 6.61. The maximum atomic E-state index is 6.61. The fourth-order valence-corrected chi connectivity index (χ4v) is 0.0625. The SMILES string of the molecule is N.N=C1CC1.[Cl][Pt][Cl]. The van der Waals surface area contributed by atoms with E-state index in [1.165, 1.54) is 0 Å². The zero-order chi connectivity index (χ0) is 5.70. The molecule has 1 saturated carbocycles. The Morgan fingerprint density at radius 3 is 1.50 bits per heavy atom. The van der Waals surface area contributed by atoms with Crippen molar-refractivity contribution in [2.24, 2.45) is 0 Å². The molecule has 2 nitrogen and oxygen atoms in total. The Hall–Kier alpha value is 0.898. The molecular formula is C3H8Cl2N2Pt. The van der Waals surface area contributed by atoms with E-state index in [0.29, 0.717) is 0 Å². The Labute approximate surface area is 65.4 Å². The van der Waals surface area contributed by atoms with Crippen LogP contribution in [0.5, 0.6) is 0 Å². The second-order valence-corrected chi connectivity index (χ2v) is 4.43. The summed E-state index contributed by atoms with van der Waals surface area (Å²) >= 11 is -0.472. The molecular weight excluding hydrogens is 330 g/mol.